The highest BCUT2D eigenvalue weighted by Crippen LogP contribution is 2.38. The second-order valence-corrected chi connectivity index (χ2v) is 3.07. The lowest BCUT2D eigenvalue weighted by Gasteiger charge is -2.13. The van der Waals surface area contributed by atoms with Crippen LogP contribution in [0.15, 0.2) is 12.1 Å². The van der Waals surface area contributed by atoms with Gasteiger partial charge in [0.1, 0.15) is 0 Å². The van der Waals surface area contributed by atoms with E-state index in [9.17, 15) is 9.59 Å². The lowest BCUT2D eigenvalue weighted by molar-refractivity contribution is 0.0694. The number of carbonyl (C=O) groups is 2. The Bertz CT molecular complexity index is 467. The van der Waals surface area contributed by atoms with Crippen molar-refractivity contribution in [3.05, 3.63) is 17.7 Å². The van der Waals surface area contributed by atoms with Crippen LogP contribution in [0, 0.1) is 0 Å². The molecule has 0 aromatic heterocycles. The van der Waals surface area contributed by atoms with E-state index in [1.807, 2.05) is 0 Å². The standard InChI is InChI=1S/C11H12O7/c1-15-7-4-6(10(12)13)5-8(9(7)16-2)18-11(14)17-3/h4-5H,1-3H3,(H,12,13). The molecule has 0 saturated carbocycles. The van der Waals surface area contributed by atoms with Gasteiger partial charge < -0.3 is 24.1 Å². The van der Waals surface area contributed by atoms with Crippen LogP contribution in [0.3, 0.4) is 0 Å². The molecule has 0 atom stereocenters. The smallest absolute Gasteiger partial charge is 0.493 e. The van der Waals surface area contributed by atoms with Gasteiger partial charge in [-0.25, -0.2) is 9.59 Å². The first-order valence-corrected chi connectivity index (χ1v) is 4.78. The first-order valence-electron chi connectivity index (χ1n) is 4.78. The minimum absolute atomic E-state index is 0.0962. The molecule has 0 saturated heterocycles. The summed E-state index contributed by atoms with van der Waals surface area (Å²) in [5.41, 5.74) is -0.105. The molecule has 0 unspecified atom stereocenters. The van der Waals surface area contributed by atoms with E-state index in [0.717, 1.165) is 13.2 Å². The molecule has 0 fully saturated rings. The van der Waals surface area contributed by atoms with Gasteiger partial charge in [0.05, 0.1) is 26.9 Å². The van der Waals surface area contributed by atoms with Crippen molar-refractivity contribution in [2.24, 2.45) is 0 Å². The number of hydrogen-bond acceptors (Lipinski definition) is 6. The van der Waals surface area contributed by atoms with Gasteiger partial charge in [0.15, 0.2) is 11.5 Å². The minimum atomic E-state index is -1.19. The maximum Gasteiger partial charge on any atom is 0.513 e. The summed E-state index contributed by atoms with van der Waals surface area (Å²) < 4.78 is 19.1. The number of aromatic carboxylic acids is 1. The molecule has 0 aliphatic heterocycles. The Morgan fingerprint density at radius 3 is 2.11 bits per heavy atom. The molecule has 0 aliphatic carbocycles. The Balaban J connectivity index is 3.30. The molecule has 7 heteroatoms. The summed E-state index contributed by atoms with van der Waals surface area (Å²) in [5, 5.41) is 8.92. The normalized spacial score (nSPS) is 9.50. The van der Waals surface area contributed by atoms with E-state index in [0.29, 0.717) is 0 Å². The third-order valence-electron chi connectivity index (χ3n) is 2.05. The van der Waals surface area contributed by atoms with E-state index in [4.69, 9.17) is 19.3 Å². The average Bonchev–Trinajstić information content (AvgIpc) is 2.37. The Morgan fingerprint density at radius 1 is 1.06 bits per heavy atom. The fourth-order valence-corrected chi connectivity index (χ4v) is 1.26. The van der Waals surface area contributed by atoms with E-state index in [1.54, 1.807) is 0 Å². The van der Waals surface area contributed by atoms with Gasteiger partial charge in [0.2, 0.25) is 5.75 Å². The Kier molecular flexibility index (Phi) is 4.36. The summed E-state index contributed by atoms with van der Waals surface area (Å²) in [5.74, 6) is -1.05. The van der Waals surface area contributed by atoms with E-state index in [-0.39, 0.29) is 22.8 Å². The van der Waals surface area contributed by atoms with Crippen LogP contribution in [0.4, 0.5) is 4.79 Å². The van der Waals surface area contributed by atoms with Gasteiger partial charge in [-0.15, -0.1) is 0 Å². The number of carboxylic acids is 1. The second-order valence-electron chi connectivity index (χ2n) is 3.07. The SMILES string of the molecule is COC(=O)Oc1cc(C(=O)O)cc(OC)c1OC. The summed E-state index contributed by atoms with van der Waals surface area (Å²) in [7, 11) is 3.81. The largest absolute Gasteiger partial charge is 0.513 e. The van der Waals surface area contributed by atoms with Crippen LogP contribution >= 0.6 is 0 Å². The molecule has 1 aromatic rings. The van der Waals surface area contributed by atoms with Crippen molar-refractivity contribution in [2.75, 3.05) is 21.3 Å². The molecule has 0 heterocycles. The van der Waals surface area contributed by atoms with Crippen LogP contribution in [-0.4, -0.2) is 38.6 Å². The molecule has 0 bridgehead atoms. The van der Waals surface area contributed by atoms with E-state index in [2.05, 4.69) is 4.74 Å². The molecule has 1 aromatic carbocycles. The van der Waals surface area contributed by atoms with Crippen LogP contribution in [0.1, 0.15) is 10.4 Å². The van der Waals surface area contributed by atoms with Crippen LogP contribution in [0.25, 0.3) is 0 Å². The zero-order valence-corrected chi connectivity index (χ0v) is 10.1. The van der Waals surface area contributed by atoms with Crippen LogP contribution in [0.2, 0.25) is 0 Å². The van der Waals surface area contributed by atoms with Crippen molar-refractivity contribution in [3.8, 4) is 17.2 Å². The molecule has 0 amide bonds. The molecule has 18 heavy (non-hydrogen) atoms. The van der Waals surface area contributed by atoms with Gasteiger partial charge >= 0.3 is 12.1 Å². The number of hydrogen-bond donors (Lipinski definition) is 1. The molecule has 1 rings (SSSR count). The fraction of sp³-hybridized carbons (Fsp3) is 0.273. The predicted octanol–water partition coefficient (Wildman–Crippen LogP) is 1.55. The Morgan fingerprint density at radius 2 is 1.67 bits per heavy atom. The van der Waals surface area contributed by atoms with Gasteiger partial charge in [-0.2, -0.15) is 0 Å². The van der Waals surface area contributed by atoms with Crippen molar-refractivity contribution in [1.29, 1.82) is 0 Å². The summed E-state index contributed by atoms with van der Waals surface area (Å²) in [6.45, 7) is 0. The van der Waals surface area contributed by atoms with Gasteiger partial charge in [0.25, 0.3) is 0 Å². The van der Waals surface area contributed by atoms with Gasteiger partial charge in [-0.3, -0.25) is 0 Å². The summed E-state index contributed by atoms with van der Waals surface area (Å²) in [6.07, 6.45) is -0.988. The number of carbonyl (C=O) groups excluding carboxylic acids is 1. The number of ether oxygens (including phenoxy) is 4. The van der Waals surface area contributed by atoms with Crippen molar-refractivity contribution in [1.82, 2.24) is 0 Å². The zero-order chi connectivity index (χ0) is 13.7. The number of carboxylic acid groups (broad SMARTS) is 1. The molecule has 1 N–H and O–H groups in total. The monoisotopic (exact) mass is 256 g/mol. The molecular formula is C11H12O7. The van der Waals surface area contributed by atoms with E-state index < -0.39 is 12.1 Å². The third-order valence-corrected chi connectivity index (χ3v) is 2.05. The van der Waals surface area contributed by atoms with Crippen LogP contribution < -0.4 is 14.2 Å². The summed E-state index contributed by atoms with van der Waals surface area (Å²) >= 11 is 0. The molecule has 0 spiro atoms. The van der Waals surface area contributed by atoms with E-state index in [1.165, 1.54) is 20.3 Å². The van der Waals surface area contributed by atoms with Crippen molar-refractivity contribution >= 4 is 12.1 Å². The molecule has 0 radical (unpaired) electrons. The average molecular weight is 256 g/mol. The maximum atomic E-state index is 11.0. The highest BCUT2D eigenvalue weighted by Gasteiger charge is 2.19. The maximum absolute atomic E-state index is 11.0. The molecule has 0 aliphatic rings. The number of rotatable bonds is 4. The highest BCUT2D eigenvalue weighted by molar-refractivity contribution is 5.89. The quantitative estimate of drug-likeness (QED) is 0.645. The van der Waals surface area contributed by atoms with E-state index >= 15 is 0 Å². The number of benzene rings is 1. The summed E-state index contributed by atoms with van der Waals surface area (Å²) in [4.78, 5) is 22.0. The van der Waals surface area contributed by atoms with Crippen LogP contribution in [0.5, 0.6) is 17.2 Å². The highest BCUT2D eigenvalue weighted by atomic mass is 16.7. The first kappa shape index (κ1) is 13.6. The fourth-order valence-electron chi connectivity index (χ4n) is 1.26. The lowest BCUT2D eigenvalue weighted by atomic mass is 10.2. The second kappa shape index (κ2) is 5.76. The van der Waals surface area contributed by atoms with Crippen molar-refractivity contribution < 1.29 is 33.6 Å². The summed E-state index contributed by atoms with van der Waals surface area (Å²) in [6, 6.07) is 2.39. The zero-order valence-electron chi connectivity index (χ0n) is 10.1. The lowest BCUT2D eigenvalue weighted by Crippen LogP contribution is -2.10. The van der Waals surface area contributed by atoms with Crippen molar-refractivity contribution in [3.63, 3.8) is 0 Å². The van der Waals surface area contributed by atoms with Crippen molar-refractivity contribution in [2.45, 2.75) is 0 Å². The Hall–Kier alpha value is -2.44. The molecular weight excluding hydrogens is 244 g/mol. The van der Waals surface area contributed by atoms with Gasteiger partial charge in [-0.1, -0.05) is 0 Å². The molecule has 7 nitrogen and oxygen atoms in total. The first-order chi connectivity index (χ1) is 8.53. The van der Waals surface area contributed by atoms with Gasteiger partial charge in [0, 0.05) is 0 Å². The topological polar surface area (TPSA) is 91.3 Å². The third kappa shape index (κ3) is 2.82. The Labute approximate surface area is 103 Å². The van der Waals surface area contributed by atoms with Crippen LogP contribution in [-0.2, 0) is 4.74 Å². The number of methoxy groups -OCH3 is 3. The minimum Gasteiger partial charge on any atom is -0.493 e. The molecule has 98 valence electrons. The predicted molar refractivity (Wildman–Crippen MR) is 59.5 cm³/mol. The van der Waals surface area contributed by atoms with Gasteiger partial charge in [-0.05, 0) is 12.1 Å².